The number of hydrogen-bond donors (Lipinski definition) is 1. The summed E-state index contributed by atoms with van der Waals surface area (Å²) in [6.45, 7) is 4.68. The van der Waals surface area contributed by atoms with E-state index in [0.717, 1.165) is 11.1 Å². The Balaban J connectivity index is 1.54. The van der Waals surface area contributed by atoms with Crippen molar-refractivity contribution in [3.8, 4) is 5.75 Å². The van der Waals surface area contributed by atoms with Gasteiger partial charge in [-0.05, 0) is 86.1 Å². The molecule has 5 aromatic rings. The first-order chi connectivity index (χ1) is 22.2. The Kier molecular flexibility index (Phi) is 8.95. The number of benzene rings is 5. The minimum atomic E-state index is -4.03. The SMILES string of the molecule is CCOc1ccc(N2C(=O)c3cc(S(=O)(=O)Nc4ccc(C)cc4)ccc3N(Cc3ccccc3)[C@H]2c2c(Cl)cccc2Cl)cc1. The molecular formula is C36H31Cl2N3O4S. The first-order valence-electron chi connectivity index (χ1n) is 14.7. The van der Waals surface area contributed by atoms with Crippen LogP contribution in [-0.4, -0.2) is 20.9 Å². The molecule has 0 bridgehead atoms. The molecule has 7 nitrogen and oxygen atoms in total. The highest BCUT2D eigenvalue weighted by molar-refractivity contribution is 7.92. The molecule has 1 amide bonds. The van der Waals surface area contributed by atoms with Crippen LogP contribution in [-0.2, 0) is 16.6 Å². The van der Waals surface area contributed by atoms with Crippen LogP contribution in [0, 0.1) is 6.92 Å². The molecule has 0 saturated carbocycles. The molecule has 0 fully saturated rings. The fourth-order valence-corrected chi connectivity index (χ4v) is 7.25. The molecule has 1 aliphatic heterocycles. The van der Waals surface area contributed by atoms with Crippen LogP contribution in [0.25, 0.3) is 0 Å². The topological polar surface area (TPSA) is 78.9 Å². The van der Waals surface area contributed by atoms with Gasteiger partial charge in [-0.25, -0.2) is 8.42 Å². The molecule has 6 rings (SSSR count). The highest BCUT2D eigenvalue weighted by Crippen LogP contribution is 2.46. The number of sulfonamides is 1. The molecule has 234 valence electrons. The van der Waals surface area contributed by atoms with Crippen molar-refractivity contribution >= 4 is 56.2 Å². The number of anilines is 3. The zero-order chi connectivity index (χ0) is 32.4. The summed E-state index contributed by atoms with van der Waals surface area (Å²) in [5, 5.41) is 0.786. The Morgan fingerprint density at radius 2 is 1.50 bits per heavy atom. The third kappa shape index (κ3) is 6.29. The Morgan fingerprint density at radius 3 is 2.15 bits per heavy atom. The number of hydrogen-bond acceptors (Lipinski definition) is 5. The van der Waals surface area contributed by atoms with Gasteiger partial charge in [0.2, 0.25) is 0 Å². The van der Waals surface area contributed by atoms with Gasteiger partial charge in [0.1, 0.15) is 11.9 Å². The van der Waals surface area contributed by atoms with Crippen LogP contribution in [0.1, 0.15) is 40.1 Å². The largest absolute Gasteiger partial charge is 0.494 e. The van der Waals surface area contributed by atoms with E-state index in [2.05, 4.69) is 4.72 Å². The maximum atomic E-state index is 14.7. The molecular weight excluding hydrogens is 641 g/mol. The van der Waals surface area contributed by atoms with Gasteiger partial charge in [0.05, 0.1) is 22.8 Å². The molecule has 1 aliphatic rings. The minimum Gasteiger partial charge on any atom is -0.494 e. The second kappa shape index (κ2) is 13.1. The van der Waals surface area contributed by atoms with Gasteiger partial charge in [-0.15, -0.1) is 0 Å². The van der Waals surface area contributed by atoms with Gasteiger partial charge in [0, 0.05) is 33.5 Å². The summed E-state index contributed by atoms with van der Waals surface area (Å²) < 4.78 is 35.4. The van der Waals surface area contributed by atoms with E-state index in [4.69, 9.17) is 27.9 Å². The highest BCUT2D eigenvalue weighted by Gasteiger charge is 2.42. The average Bonchev–Trinajstić information content (AvgIpc) is 3.05. The summed E-state index contributed by atoms with van der Waals surface area (Å²) >= 11 is 13.7. The number of ether oxygens (including phenoxy) is 1. The maximum Gasteiger partial charge on any atom is 0.262 e. The molecule has 0 radical (unpaired) electrons. The van der Waals surface area contributed by atoms with Crippen molar-refractivity contribution in [3.63, 3.8) is 0 Å². The summed E-state index contributed by atoms with van der Waals surface area (Å²) in [7, 11) is -4.03. The summed E-state index contributed by atoms with van der Waals surface area (Å²) in [5.74, 6) is 0.247. The molecule has 5 aromatic carbocycles. The van der Waals surface area contributed by atoms with Gasteiger partial charge in [-0.1, -0.05) is 77.3 Å². The van der Waals surface area contributed by atoms with Crippen molar-refractivity contribution in [2.75, 3.05) is 21.1 Å². The molecule has 0 spiro atoms. The lowest BCUT2D eigenvalue weighted by Crippen LogP contribution is -2.49. The van der Waals surface area contributed by atoms with Crippen LogP contribution in [0.5, 0.6) is 5.75 Å². The third-order valence-corrected chi connectivity index (χ3v) is 9.80. The molecule has 1 N–H and O–H groups in total. The predicted molar refractivity (Wildman–Crippen MR) is 185 cm³/mol. The summed E-state index contributed by atoms with van der Waals surface area (Å²) in [6.07, 6.45) is -0.771. The molecule has 0 unspecified atom stereocenters. The van der Waals surface area contributed by atoms with Crippen molar-refractivity contribution in [3.05, 3.63) is 148 Å². The lowest BCUT2D eigenvalue weighted by atomic mass is 9.99. The Bertz CT molecular complexity index is 1970. The second-order valence-electron chi connectivity index (χ2n) is 10.9. The Labute approximate surface area is 279 Å². The van der Waals surface area contributed by atoms with Crippen molar-refractivity contribution < 1.29 is 17.9 Å². The fraction of sp³-hybridized carbons (Fsp3) is 0.139. The van der Waals surface area contributed by atoms with Crippen molar-refractivity contribution in [2.45, 2.75) is 31.5 Å². The van der Waals surface area contributed by atoms with E-state index in [1.165, 1.54) is 12.1 Å². The highest BCUT2D eigenvalue weighted by atomic mass is 35.5. The Hall–Kier alpha value is -4.50. The average molecular weight is 673 g/mol. The van der Waals surface area contributed by atoms with Crippen LogP contribution in [0.3, 0.4) is 0 Å². The zero-order valence-electron chi connectivity index (χ0n) is 25.2. The van der Waals surface area contributed by atoms with E-state index in [1.54, 1.807) is 65.6 Å². The number of fused-ring (bicyclic) bond motifs is 1. The van der Waals surface area contributed by atoms with Crippen LogP contribution in [0.2, 0.25) is 10.0 Å². The lowest BCUT2D eigenvalue weighted by Gasteiger charge is -2.46. The minimum absolute atomic E-state index is 0.0410. The van der Waals surface area contributed by atoms with Crippen LogP contribution >= 0.6 is 23.2 Å². The maximum absolute atomic E-state index is 14.7. The number of amides is 1. The lowest BCUT2D eigenvalue weighted by molar-refractivity contribution is 0.0968. The van der Waals surface area contributed by atoms with E-state index in [-0.39, 0.29) is 10.5 Å². The number of carbonyl (C=O) groups excluding carboxylic acids is 1. The number of nitrogens with zero attached hydrogens (tertiary/aromatic N) is 2. The van der Waals surface area contributed by atoms with Crippen LogP contribution < -0.4 is 19.3 Å². The summed E-state index contributed by atoms with van der Waals surface area (Å²) in [6, 6.07) is 33.9. The molecule has 10 heteroatoms. The predicted octanol–water partition coefficient (Wildman–Crippen LogP) is 8.87. The second-order valence-corrected chi connectivity index (χ2v) is 13.4. The number of halogens is 2. The smallest absolute Gasteiger partial charge is 0.262 e. The van der Waals surface area contributed by atoms with Crippen molar-refractivity contribution in [2.24, 2.45) is 0 Å². The first kappa shape index (κ1) is 31.5. The van der Waals surface area contributed by atoms with E-state index >= 15 is 0 Å². The number of nitrogens with one attached hydrogen (secondary N) is 1. The number of carbonyl (C=O) groups is 1. The van der Waals surface area contributed by atoms with Gasteiger partial charge in [-0.2, -0.15) is 0 Å². The molecule has 0 aromatic heterocycles. The van der Waals surface area contributed by atoms with Gasteiger partial charge in [-0.3, -0.25) is 14.4 Å². The molecule has 1 heterocycles. The first-order valence-corrected chi connectivity index (χ1v) is 16.9. The normalized spacial score (nSPS) is 14.6. The standard InChI is InChI=1S/C36H31Cl2N3O4S/c1-3-45-28-18-16-27(17-19-28)41-35(34-31(37)10-7-11-32(34)38)40(23-25-8-5-4-6-9-25)33-21-20-29(22-30(33)36(41)42)46(43,44)39-26-14-12-24(2)13-15-26/h4-22,35,39H,3,23H2,1-2H3/t35-/m1/s1. The van der Waals surface area contributed by atoms with Gasteiger partial charge in [0.15, 0.2) is 0 Å². The molecule has 1 atom stereocenters. The summed E-state index contributed by atoms with van der Waals surface area (Å²) in [4.78, 5) is 18.3. The Morgan fingerprint density at radius 1 is 0.826 bits per heavy atom. The van der Waals surface area contributed by atoms with Crippen molar-refractivity contribution in [1.82, 2.24) is 0 Å². The molecule has 0 aliphatic carbocycles. The van der Waals surface area contributed by atoms with E-state index in [0.29, 0.717) is 51.6 Å². The number of rotatable bonds is 9. The number of aryl methyl sites for hydroxylation is 1. The third-order valence-electron chi connectivity index (χ3n) is 7.76. The molecule has 46 heavy (non-hydrogen) atoms. The quantitative estimate of drug-likeness (QED) is 0.169. The van der Waals surface area contributed by atoms with E-state index in [9.17, 15) is 13.2 Å². The van der Waals surface area contributed by atoms with E-state index < -0.39 is 22.1 Å². The summed E-state index contributed by atoms with van der Waals surface area (Å²) in [5.41, 5.74) is 4.27. The van der Waals surface area contributed by atoms with Gasteiger partial charge >= 0.3 is 0 Å². The zero-order valence-corrected chi connectivity index (χ0v) is 27.5. The van der Waals surface area contributed by atoms with E-state index in [1.807, 2.05) is 61.2 Å². The monoisotopic (exact) mass is 671 g/mol. The molecule has 0 saturated heterocycles. The fourth-order valence-electron chi connectivity index (χ4n) is 5.57. The van der Waals surface area contributed by atoms with Gasteiger partial charge in [0.25, 0.3) is 15.9 Å². The van der Waals surface area contributed by atoms with Crippen molar-refractivity contribution in [1.29, 1.82) is 0 Å². The van der Waals surface area contributed by atoms with Crippen LogP contribution in [0.15, 0.2) is 120 Å². The van der Waals surface area contributed by atoms with Crippen LogP contribution in [0.4, 0.5) is 17.1 Å². The van der Waals surface area contributed by atoms with Gasteiger partial charge < -0.3 is 9.64 Å².